The Morgan fingerprint density at radius 2 is 2.21 bits per heavy atom. The number of hydrogen-bond donors (Lipinski definition) is 2. The first-order valence-electron chi connectivity index (χ1n) is 4.64. The van der Waals surface area contributed by atoms with Gasteiger partial charge in [-0.15, -0.1) is 0 Å². The summed E-state index contributed by atoms with van der Waals surface area (Å²) >= 11 is 0. The molecule has 0 bridgehead atoms. The summed E-state index contributed by atoms with van der Waals surface area (Å²) in [5.74, 6) is 0. The monoisotopic (exact) mass is 199 g/mol. The van der Waals surface area contributed by atoms with E-state index in [4.69, 9.17) is 5.26 Å². The Hall–Kier alpha value is -1.28. The largest absolute Gasteiger partial charge is 0.342 e. The third-order valence-electron chi connectivity index (χ3n) is 1.80. The first kappa shape index (κ1) is 12.7. The van der Waals surface area contributed by atoms with Gasteiger partial charge in [-0.2, -0.15) is 10.3 Å². The molecule has 0 unspecified atom stereocenters. The number of urea groups is 1. The van der Waals surface area contributed by atoms with E-state index in [9.17, 15) is 10.0 Å². The van der Waals surface area contributed by atoms with E-state index in [2.05, 4.69) is 5.32 Å². The molecular weight excluding hydrogens is 182 g/mol. The molecule has 0 aliphatic rings. The summed E-state index contributed by atoms with van der Waals surface area (Å²) in [6.07, 6.45) is 1.82. The molecule has 0 aromatic heterocycles. The second-order valence-corrected chi connectivity index (χ2v) is 3.57. The summed E-state index contributed by atoms with van der Waals surface area (Å²) < 4.78 is 0. The highest BCUT2D eigenvalue weighted by Gasteiger charge is 2.29. The first-order valence-corrected chi connectivity index (χ1v) is 4.64. The zero-order chi connectivity index (χ0) is 11.2. The van der Waals surface area contributed by atoms with Gasteiger partial charge in [0.2, 0.25) is 0 Å². The van der Waals surface area contributed by atoms with Gasteiger partial charge in [-0.1, -0.05) is 13.3 Å². The van der Waals surface area contributed by atoms with Crippen molar-refractivity contribution in [2.24, 2.45) is 0 Å². The number of nitrogens with one attached hydrogen (secondary N) is 1. The molecule has 0 aliphatic carbocycles. The smallest absolute Gasteiger partial charge is 0.336 e. The van der Waals surface area contributed by atoms with Crippen LogP contribution in [0.1, 0.15) is 33.6 Å². The number of nitrogens with zero attached hydrogens (tertiary/aromatic N) is 2. The quantitative estimate of drug-likeness (QED) is 0.409. The van der Waals surface area contributed by atoms with Crippen molar-refractivity contribution in [1.82, 2.24) is 10.4 Å². The van der Waals surface area contributed by atoms with Crippen LogP contribution >= 0.6 is 0 Å². The lowest BCUT2D eigenvalue weighted by Crippen LogP contribution is -2.49. The number of amides is 2. The maximum absolute atomic E-state index is 11.2. The van der Waals surface area contributed by atoms with Gasteiger partial charge in [0, 0.05) is 6.54 Å². The molecule has 14 heavy (non-hydrogen) atoms. The van der Waals surface area contributed by atoms with Crippen molar-refractivity contribution in [3.05, 3.63) is 0 Å². The predicted molar refractivity (Wildman–Crippen MR) is 51.6 cm³/mol. The molecule has 0 aromatic rings. The molecule has 2 amide bonds. The lowest BCUT2D eigenvalue weighted by Gasteiger charge is -2.26. The van der Waals surface area contributed by atoms with Gasteiger partial charge in [0.1, 0.15) is 0 Å². The van der Waals surface area contributed by atoms with Crippen molar-refractivity contribution >= 4 is 6.03 Å². The van der Waals surface area contributed by atoms with Crippen molar-refractivity contribution in [2.45, 2.75) is 39.2 Å². The van der Waals surface area contributed by atoms with Crippen LogP contribution in [0.2, 0.25) is 0 Å². The van der Waals surface area contributed by atoms with E-state index < -0.39 is 11.6 Å². The van der Waals surface area contributed by atoms with Crippen LogP contribution in [0, 0.1) is 11.3 Å². The number of nitriles is 1. The number of carbonyl (C=O) groups excluding carboxylic acids is 1. The van der Waals surface area contributed by atoms with Crippen LogP contribution in [-0.2, 0) is 0 Å². The number of hydroxylamine groups is 2. The highest BCUT2D eigenvalue weighted by Crippen LogP contribution is 2.09. The van der Waals surface area contributed by atoms with Crippen LogP contribution < -0.4 is 5.32 Å². The lowest BCUT2D eigenvalue weighted by molar-refractivity contribution is -0.0928. The summed E-state index contributed by atoms with van der Waals surface area (Å²) in [5.41, 5.74) is -1.20. The molecule has 0 spiro atoms. The Kier molecular flexibility index (Phi) is 4.95. The van der Waals surface area contributed by atoms with Crippen LogP contribution in [0.5, 0.6) is 0 Å². The van der Waals surface area contributed by atoms with Crippen molar-refractivity contribution in [2.75, 3.05) is 6.54 Å². The molecule has 0 saturated heterocycles. The van der Waals surface area contributed by atoms with Crippen LogP contribution in [0.25, 0.3) is 0 Å². The van der Waals surface area contributed by atoms with E-state index in [1.54, 1.807) is 0 Å². The summed E-state index contributed by atoms with van der Waals surface area (Å²) in [6.45, 7) is 5.44. The first-order chi connectivity index (χ1) is 6.45. The second kappa shape index (κ2) is 5.45. The molecule has 80 valence electrons. The Bertz CT molecular complexity index is 233. The molecule has 2 N–H and O–H groups in total. The average Bonchev–Trinajstić information content (AvgIpc) is 2.17. The third-order valence-corrected chi connectivity index (χ3v) is 1.80. The van der Waals surface area contributed by atoms with Gasteiger partial charge in [-0.3, -0.25) is 5.21 Å². The Morgan fingerprint density at radius 1 is 1.64 bits per heavy atom. The van der Waals surface area contributed by atoms with Crippen molar-refractivity contribution in [3.63, 3.8) is 0 Å². The summed E-state index contributed by atoms with van der Waals surface area (Å²) in [4.78, 5) is 11.2. The Morgan fingerprint density at radius 3 is 2.64 bits per heavy atom. The minimum Gasteiger partial charge on any atom is -0.336 e. The molecule has 5 heteroatoms. The number of hydrogen-bond acceptors (Lipinski definition) is 3. The van der Waals surface area contributed by atoms with Gasteiger partial charge in [0.05, 0.1) is 6.07 Å². The predicted octanol–water partition coefficient (Wildman–Crippen LogP) is 1.49. The molecule has 0 heterocycles. The minimum atomic E-state index is -1.20. The maximum Gasteiger partial charge on any atom is 0.342 e. The topological polar surface area (TPSA) is 76.4 Å². The highest BCUT2D eigenvalue weighted by molar-refractivity contribution is 5.74. The number of carbonyl (C=O) groups is 1. The third kappa shape index (κ3) is 3.62. The van der Waals surface area contributed by atoms with Crippen molar-refractivity contribution in [3.8, 4) is 6.07 Å². The summed E-state index contributed by atoms with van der Waals surface area (Å²) in [6, 6.07) is 1.19. The standard InChI is InChI=1S/C9H17N3O2/c1-4-5-6-11-8(13)12(14)9(2,3)7-10/h14H,4-6H2,1-3H3,(H,11,13). The normalized spacial score (nSPS) is 10.5. The van der Waals surface area contributed by atoms with E-state index in [0.717, 1.165) is 12.8 Å². The summed E-state index contributed by atoms with van der Waals surface area (Å²) in [7, 11) is 0. The number of rotatable bonds is 4. The molecule has 0 saturated carbocycles. The fourth-order valence-corrected chi connectivity index (χ4v) is 0.748. The lowest BCUT2D eigenvalue weighted by atomic mass is 10.1. The maximum atomic E-state index is 11.2. The molecule has 0 atom stereocenters. The molecular formula is C9H17N3O2. The molecule has 5 nitrogen and oxygen atoms in total. The van der Waals surface area contributed by atoms with Gasteiger partial charge in [-0.25, -0.2) is 4.79 Å². The van der Waals surface area contributed by atoms with Crippen LogP contribution in [0.3, 0.4) is 0 Å². The van der Waals surface area contributed by atoms with Crippen molar-refractivity contribution in [1.29, 1.82) is 5.26 Å². The molecule has 0 rings (SSSR count). The van der Waals surface area contributed by atoms with Gasteiger partial charge in [0.25, 0.3) is 0 Å². The molecule has 0 aliphatic heterocycles. The second-order valence-electron chi connectivity index (χ2n) is 3.57. The zero-order valence-corrected chi connectivity index (χ0v) is 8.87. The van der Waals surface area contributed by atoms with Crippen LogP contribution in [-0.4, -0.2) is 28.4 Å². The highest BCUT2D eigenvalue weighted by atomic mass is 16.5. The minimum absolute atomic E-state index is 0.419. The average molecular weight is 199 g/mol. The van der Waals surface area contributed by atoms with Gasteiger partial charge in [0.15, 0.2) is 5.54 Å². The summed E-state index contributed by atoms with van der Waals surface area (Å²) in [5, 5.41) is 20.9. The van der Waals surface area contributed by atoms with Crippen LogP contribution in [0.4, 0.5) is 4.79 Å². The fraction of sp³-hybridized carbons (Fsp3) is 0.778. The van der Waals surface area contributed by atoms with Gasteiger partial charge < -0.3 is 5.32 Å². The van der Waals surface area contributed by atoms with E-state index in [1.807, 2.05) is 13.0 Å². The van der Waals surface area contributed by atoms with E-state index in [-0.39, 0.29) is 0 Å². The zero-order valence-electron chi connectivity index (χ0n) is 8.87. The van der Waals surface area contributed by atoms with E-state index in [1.165, 1.54) is 13.8 Å². The molecule has 0 aromatic carbocycles. The van der Waals surface area contributed by atoms with E-state index >= 15 is 0 Å². The Balaban J connectivity index is 4.07. The molecule has 0 fully saturated rings. The van der Waals surface area contributed by atoms with Crippen molar-refractivity contribution < 1.29 is 10.0 Å². The van der Waals surface area contributed by atoms with Crippen LogP contribution in [0.15, 0.2) is 0 Å². The fourth-order valence-electron chi connectivity index (χ4n) is 0.748. The number of unbranched alkanes of at least 4 members (excludes halogenated alkanes) is 1. The van der Waals surface area contributed by atoms with E-state index in [0.29, 0.717) is 11.6 Å². The Labute approximate surface area is 84.3 Å². The van der Waals surface area contributed by atoms with Gasteiger partial charge in [-0.05, 0) is 20.3 Å². The van der Waals surface area contributed by atoms with Gasteiger partial charge >= 0.3 is 6.03 Å². The SMILES string of the molecule is CCCCNC(=O)N(O)C(C)(C)C#N. The molecule has 0 radical (unpaired) electrons.